The highest BCUT2D eigenvalue weighted by Crippen LogP contribution is 2.23. The van der Waals surface area contributed by atoms with Crippen LogP contribution in [0.4, 0.5) is 0 Å². The lowest BCUT2D eigenvalue weighted by atomic mass is 9.98. The second-order valence-corrected chi connectivity index (χ2v) is 16.8. The molecule has 1 fully saturated rings. The number of phenols is 1. The number of carbonyl (C=O) groups is 3. The van der Waals surface area contributed by atoms with E-state index < -0.39 is 48.7 Å². The molecule has 370 valence electrons. The van der Waals surface area contributed by atoms with E-state index in [9.17, 15) is 34.8 Å². The van der Waals surface area contributed by atoms with E-state index in [2.05, 4.69) is 92.1 Å². The smallest absolute Gasteiger partial charge is 0.306 e. The van der Waals surface area contributed by atoms with Crippen LogP contribution in [0.2, 0.25) is 0 Å². The zero-order valence-electron chi connectivity index (χ0n) is 40.0. The molecule has 12 heteroatoms. The van der Waals surface area contributed by atoms with Gasteiger partial charge in [0.15, 0.2) is 12.4 Å². The van der Waals surface area contributed by atoms with E-state index in [4.69, 9.17) is 18.9 Å². The van der Waals surface area contributed by atoms with E-state index in [0.717, 1.165) is 108 Å². The van der Waals surface area contributed by atoms with Crippen LogP contribution in [0.15, 0.2) is 97.2 Å². The summed E-state index contributed by atoms with van der Waals surface area (Å²) in [4.78, 5) is 38.3. The minimum absolute atomic E-state index is 0.128. The van der Waals surface area contributed by atoms with E-state index in [0.29, 0.717) is 19.3 Å². The van der Waals surface area contributed by atoms with Crippen molar-refractivity contribution in [2.75, 3.05) is 19.8 Å². The summed E-state index contributed by atoms with van der Waals surface area (Å²) in [6, 6.07) is 6.51. The molecule has 2 rings (SSSR count). The Bertz CT molecular complexity index is 1600. The summed E-state index contributed by atoms with van der Waals surface area (Å²) in [6.07, 6.45) is 36.2. The number of aryl methyl sites for hydroxylation is 1. The largest absolute Gasteiger partial charge is 0.508 e. The first-order valence-corrected chi connectivity index (χ1v) is 24.7. The molecule has 0 spiro atoms. The maximum atomic E-state index is 13.0. The summed E-state index contributed by atoms with van der Waals surface area (Å²) >= 11 is 0. The molecule has 1 amide bonds. The first-order chi connectivity index (χ1) is 32.1. The van der Waals surface area contributed by atoms with Crippen LogP contribution in [0, 0.1) is 0 Å². The number of aliphatic hydroxyl groups excluding tert-OH is 3. The fourth-order valence-electron chi connectivity index (χ4n) is 7.04. The van der Waals surface area contributed by atoms with Crippen molar-refractivity contribution in [1.82, 2.24) is 5.32 Å². The minimum atomic E-state index is -1.65. The SMILES string of the molecule is CCC=CCC=CCC=CCCCCCCCC(=O)OC[C@H](CO[C@H]1O[C@H](CNC(=O)CCc2ccc(O)cc2)[C@@H](O)[C@H](O)[C@H]1O)OC(=O)CCCCCCCC=CCC=CCC=CCC. The Kier molecular flexibility index (Phi) is 33.9. The molecule has 1 aliphatic heterocycles. The lowest BCUT2D eigenvalue weighted by Crippen LogP contribution is -2.60. The minimum Gasteiger partial charge on any atom is -0.508 e. The topological polar surface area (TPSA) is 181 Å². The molecule has 0 aromatic heterocycles. The van der Waals surface area contributed by atoms with Gasteiger partial charge in [-0.25, -0.2) is 0 Å². The van der Waals surface area contributed by atoms with E-state index in [1.165, 1.54) is 12.1 Å². The van der Waals surface area contributed by atoms with E-state index in [1.54, 1.807) is 12.1 Å². The molecule has 0 aliphatic carbocycles. The molecule has 1 heterocycles. The van der Waals surface area contributed by atoms with Crippen LogP contribution in [0.1, 0.15) is 154 Å². The number of ether oxygens (including phenoxy) is 4. The fourth-order valence-corrected chi connectivity index (χ4v) is 7.04. The van der Waals surface area contributed by atoms with Gasteiger partial charge in [-0.05, 0) is 101 Å². The third-order valence-corrected chi connectivity index (χ3v) is 11.0. The van der Waals surface area contributed by atoms with Crippen molar-refractivity contribution in [2.45, 2.75) is 192 Å². The van der Waals surface area contributed by atoms with E-state index in [-0.39, 0.29) is 50.7 Å². The van der Waals surface area contributed by atoms with Gasteiger partial charge >= 0.3 is 11.9 Å². The molecule has 6 atom stereocenters. The highest BCUT2D eigenvalue weighted by Gasteiger charge is 2.44. The number of unbranched alkanes of at least 4 members (excludes halogenated alkanes) is 10. The lowest BCUT2D eigenvalue weighted by Gasteiger charge is -2.40. The van der Waals surface area contributed by atoms with Crippen molar-refractivity contribution in [3.05, 3.63) is 103 Å². The van der Waals surface area contributed by atoms with Crippen LogP contribution in [0.25, 0.3) is 0 Å². The Labute approximate surface area is 395 Å². The highest BCUT2D eigenvalue weighted by atomic mass is 16.7. The van der Waals surface area contributed by atoms with Crippen LogP contribution >= 0.6 is 0 Å². The monoisotopic (exact) mass is 922 g/mol. The molecule has 1 aromatic rings. The summed E-state index contributed by atoms with van der Waals surface area (Å²) in [5, 5.41) is 44.2. The number of nitrogens with one attached hydrogen (secondary N) is 1. The van der Waals surface area contributed by atoms with Crippen molar-refractivity contribution in [3.8, 4) is 5.75 Å². The molecule has 0 bridgehead atoms. The van der Waals surface area contributed by atoms with Gasteiger partial charge in [-0.15, -0.1) is 0 Å². The molecular formula is C54H83NO11. The Morgan fingerprint density at radius 3 is 1.67 bits per heavy atom. The number of aromatic hydroxyl groups is 1. The number of amides is 1. The van der Waals surface area contributed by atoms with Gasteiger partial charge in [-0.1, -0.05) is 137 Å². The van der Waals surface area contributed by atoms with E-state index in [1.807, 2.05) is 0 Å². The number of benzene rings is 1. The molecule has 1 saturated heterocycles. The normalized spacial score (nSPS) is 19.6. The van der Waals surface area contributed by atoms with Gasteiger partial charge in [0.05, 0.1) is 6.61 Å². The second-order valence-electron chi connectivity index (χ2n) is 16.8. The zero-order valence-corrected chi connectivity index (χ0v) is 40.0. The molecule has 1 aliphatic rings. The number of allylic oxidation sites excluding steroid dienone is 12. The predicted octanol–water partition coefficient (Wildman–Crippen LogP) is 9.90. The summed E-state index contributed by atoms with van der Waals surface area (Å²) < 4.78 is 22.8. The van der Waals surface area contributed by atoms with Gasteiger partial charge in [-0.3, -0.25) is 14.4 Å². The molecule has 12 nitrogen and oxygen atoms in total. The van der Waals surface area contributed by atoms with Gasteiger partial charge in [0.25, 0.3) is 0 Å². The van der Waals surface area contributed by atoms with Crippen molar-refractivity contribution < 1.29 is 53.8 Å². The second kappa shape index (κ2) is 38.7. The Morgan fingerprint density at radius 2 is 1.11 bits per heavy atom. The summed E-state index contributed by atoms with van der Waals surface area (Å²) in [7, 11) is 0. The molecule has 0 unspecified atom stereocenters. The van der Waals surface area contributed by atoms with Crippen LogP contribution in [0.3, 0.4) is 0 Å². The predicted molar refractivity (Wildman–Crippen MR) is 261 cm³/mol. The fraction of sp³-hybridized carbons (Fsp3) is 0.611. The van der Waals surface area contributed by atoms with Gasteiger partial charge in [-0.2, -0.15) is 0 Å². The van der Waals surface area contributed by atoms with Crippen LogP contribution < -0.4 is 5.32 Å². The third kappa shape index (κ3) is 29.3. The Morgan fingerprint density at radius 1 is 0.606 bits per heavy atom. The number of phenolic OH excluding ortho intramolecular Hbond substituents is 1. The van der Waals surface area contributed by atoms with Crippen LogP contribution in [-0.2, 0) is 39.8 Å². The van der Waals surface area contributed by atoms with Crippen molar-refractivity contribution in [2.24, 2.45) is 0 Å². The van der Waals surface area contributed by atoms with Gasteiger partial charge in [0.2, 0.25) is 5.91 Å². The Hall–Kier alpha value is -4.33. The van der Waals surface area contributed by atoms with E-state index >= 15 is 0 Å². The van der Waals surface area contributed by atoms with Crippen molar-refractivity contribution >= 4 is 17.8 Å². The molecule has 0 saturated carbocycles. The average molecular weight is 922 g/mol. The number of hydrogen-bond donors (Lipinski definition) is 5. The number of aliphatic hydroxyl groups is 3. The van der Waals surface area contributed by atoms with Crippen LogP contribution in [0.5, 0.6) is 5.75 Å². The molecule has 1 aromatic carbocycles. The van der Waals surface area contributed by atoms with Crippen molar-refractivity contribution in [1.29, 1.82) is 0 Å². The summed E-state index contributed by atoms with van der Waals surface area (Å²) in [5.41, 5.74) is 0.856. The quantitative estimate of drug-likeness (QED) is 0.0244. The molecular weight excluding hydrogens is 839 g/mol. The average Bonchev–Trinajstić information content (AvgIpc) is 3.31. The maximum absolute atomic E-state index is 13.0. The third-order valence-electron chi connectivity index (χ3n) is 11.0. The maximum Gasteiger partial charge on any atom is 0.306 e. The van der Waals surface area contributed by atoms with Gasteiger partial charge in [0.1, 0.15) is 36.8 Å². The summed E-state index contributed by atoms with van der Waals surface area (Å²) in [6.45, 7) is 3.49. The molecule has 0 radical (unpaired) electrons. The highest BCUT2D eigenvalue weighted by molar-refractivity contribution is 5.76. The molecule has 66 heavy (non-hydrogen) atoms. The first-order valence-electron chi connectivity index (χ1n) is 24.7. The lowest BCUT2D eigenvalue weighted by molar-refractivity contribution is -0.299. The summed E-state index contributed by atoms with van der Waals surface area (Å²) in [5.74, 6) is -1.09. The van der Waals surface area contributed by atoms with Gasteiger partial charge in [0, 0.05) is 25.8 Å². The van der Waals surface area contributed by atoms with Crippen LogP contribution in [-0.4, -0.2) is 94.8 Å². The first kappa shape index (κ1) is 57.8. The zero-order chi connectivity index (χ0) is 47.9. The number of rotatable bonds is 37. The Balaban J connectivity index is 1.81. The van der Waals surface area contributed by atoms with Crippen molar-refractivity contribution in [3.63, 3.8) is 0 Å². The number of esters is 2. The standard InChI is InChI=1S/C54H83NO11/c1-3-5-7-9-11-13-15-17-19-21-23-25-27-29-31-33-49(58)63-42-46(65-50(59)34-32-30-28-26-24-22-20-18-16-14-12-10-8-6-4-2)43-64-54-53(62)52(61)51(60)47(66-54)41-55-48(57)40-37-44-35-38-45(56)39-36-44/h5-8,11-14,17-20,35-36,38-39,46-47,51-54,56,60-62H,3-4,9-10,15-16,21-34,37,40-43H2,1-2H3,(H,55,57)/t46-,47-,51-,52+,53-,54+/m1/s1. The molecule has 5 N–H and O–H groups in total. The van der Waals surface area contributed by atoms with Gasteiger partial charge < -0.3 is 44.7 Å². The number of hydrogen-bond acceptors (Lipinski definition) is 11. The number of carbonyl (C=O) groups excluding carboxylic acids is 3.